The molecule has 7 heteroatoms. The standard InChI is InChI=1S/C21H17N3O3S/c1-12-7-6-10-15-16(19(22-18(12)15)14-8-4-3-5-9-14)11-17(20(25)26)28-21-24-23-13(2)27-21/h3-11,22H,1-2H3,(H,25,26)/p-1/b17-11-. The van der Waals surface area contributed by atoms with E-state index >= 15 is 0 Å². The number of hydrogen-bond acceptors (Lipinski definition) is 6. The topological polar surface area (TPSA) is 94.8 Å². The molecule has 0 fully saturated rings. The van der Waals surface area contributed by atoms with E-state index in [1.54, 1.807) is 13.0 Å². The van der Waals surface area contributed by atoms with Gasteiger partial charge in [-0.3, -0.25) is 0 Å². The van der Waals surface area contributed by atoms with Crippen LogP contribution in [0.1, 0.15) is 17.0 Å². The summed E-state index contributed by atoms with van der Waals surface area (Å²) in [5.41, 5.74) is 4.60. The van der Waals surface area contributed by atoms with Gasteiger partial charge in [-0.2, -0.15) is 0 Å². The van der Waals surface area contributed by atoms with Crippen LogP contribution in [0.5, 0.6) is 0 Å². The summed E-state index contributed by atoms with van der Waals surface area (Å²) in [5.74, 6) is -0.935. The summed E-state index contributed by atoms with van der Waals surface area (Å²) < 4.78 is 5.31. The monoisotopic (exact) mass is 390 g/mol. The van der Waals surface area contributed by atoms with E-state index in [1.807, 2.05) is 55.5 Å². The zero-order valence-electron chi connectivity index (χ0n) is 15.2. The number of aromatic nitrogens is 3. The van der Waals surface area contributed by atoms with Crippen LogP contribution in [0, 0.1) is 13.8 Å². The third kappa shape index (κ3) is 3.44. The molecule has 28 heavy (non-hydrogen) atoms. The molecule has 0 saturated carbocycles. The number of carbonyl (C=O) groups excluding carboxylic acids is 1. The predicted octanol–water partition coefficient (Wildman–Crippen LogP) is 3.72. The van der Waals surface area contributed by atoms with Crippen molar-refractivity contribution in [3.8, 4) is 11.3 Å². The number of aromatic amines is 1. The third-order valence-electron chi connectivity index (χ3n) is 4.33. The van der Waals surface area contributed by atoms with Crippen LogP contribution in [0.2, 0.25) is 0 Å². The highest BCUT2D eigenvalue weighted by atomic mass is 32.2. The average molecular weight is 390 g/mol. The number of carboxylic acids is 1. The maximum absolute atomic E-state index is 11.8. The highest BCUT2D eigenvalue weighted by Gasteiger charge is 2.16. The molecule has 2 aromatic heterocycles. The van der Waals surface area contributed by atoms with Gasteiger partial charge in [-0.25, -0.2) is 0 Å². The Bertz CT molecular complexity index is 1190. The molecule has 4 rings (SSSR count). The highest BCUT2D eigenvalue weighted by Crippen LogP contribution is 2.36. The van der Waals surface area contributed by atoms with E-state index in [0.717, 1.165) is 45.0 Å². The summed E-state index contributed by atoms with van der Waals surface area (Å²) in [4.78, 5) is 15.2. The van der Waals surface area contributed by atoms with Crippen molar-refractivity contribution in [1.29, 1.82) is 0 Å². The van der Waals surface area contributed by atoms with E-state index in [9.17, 15) is 9.90 Å². The summed E-state index contributed by atoms with van der Waals surface area (Å²) >= 11 is 0.877. The summed E-state index contributed by atoms with van der Waals surface area (Å²) in [6.07, 6.45) is 1.60. The molecule has 4 aromatic rings. The van der Waals surface area contributed by atoms with Crippen LogP contribution >= 0.6 is 11.8 Å². The van der Waals surface area contributed by atoms with Crippen molar-refractivity contribution in [3.63, 3.8) is 0 Å². The summed E-state index contributed by atoms with van der Waals surface area (Å²) in [6.45, 7) is 3.66. The molecule has 140 valence electrons. The molecule has 0 aliphatic heterocycles. The molecule has 0 saturated heterocycles. The van der Waals surface area contributed by atoms with Crippen molar-refractivity contribution in [2.75, 3.05) is 0 Å². The van der Waals surface area contributed by atoms with Crippen LogP contribution in [-0.2, 0) is 4.79 Å². The van der Waals surface area contributed by atoms with E-state index in [2.05, 4.69) is 15.2 Å². The van der Waals surface area contributed by atoms with Gasteiger partial charge in [0.25, 0.3) is 5.22 Å². The number of carbonyl (C=O) groups is 1. The lowest BCUT2D eigenvalue weighted by molar-refractivity contribution is -0.298. The molecule has 0 unspecified atom stereocenters. The normalized spacial score (nSPS) is 11.9. The van der Waals surface area contributed by atoms with Crippen LogP contribution in [0.15, 0.2) is 63.1 Å². The van der Waals surface area contributed by atoms with Crippen molar-refractivity contribution in [1.82, 2.24) is 15.2 Å². The molecule has 6 nitrogen and oxygen atoms in total. The molecule has 2 aromatic carbocycles. The van der Waals surface area contributed by atoms with Gasteiger partial charge >= 0.3 is 0 Å². The fraction of sp³-hybridized carbons (Fsp3) is 0.0952. The Hall–Kier alpha value is -3.32. The smallest absolute Gasteiger partial charge is 0.281 e. The molecule has 0 radical (unpaired) electrons. The average Bonchev–Trinajstić information content (AvgIpc) is 3.26. The van der Waals surface area contributed by atoms with Crippen molar-refractivity contribution in [2.24, 2.45) is 0 Å². The number of nitrogens with zero attached hydrogens (tertiary/aromatic N) is 2. The van der Waals surface area contributed by atoms with Gasteiger partial charge in [-0.1, -0.05) is 48.5 Å². The highest BCUT2D eigenvalue weighted by molar-refractivity contribution is 8.03. The Morgan fingerprint density at radius 1 is 1.11 bits per heavy atom. The molecule has 0 aliphatic carbocycles. The maximum Gasteiger partial charge on any atom is 0.281 e. The number of H-pyrrole nitrogens is 1. The summed E-state index contributed by atoms with van der Waals surface area (Å²) in [6, 6.07) is 15.7. The lowest BCUT2D eigenvalue weighted by Crippen LogP contribution is -2.23. The molecule has 0 bridgehead atoms. The molecule has 0 atom stereocenters. The Kier molecular flexibility index (Phi) is 4.75. The number of rotatable bonds is 5. The maximum atomic E-state index is 11.8. The fourth-order valence-corrected chi connectivity index (χ4v) is 3.73. The Labute approximate surface area is 165 Å². The molecule has 0 aliphatic rings. The van der Waals surface area contributed by atoms with Crippen molar-refractivity contribution < 1.29 is 14.3 Å². The summed E-state index contributed by atoms with van der Waals surface area (Å²) in [5, 5.41) is 20.5. The second-order valence-corrected chi connectivity index (χ2v) is 7.26. The van der Waals surface area contributed by atoms with E-state index < -0.39 is 5.97 Å². The Morgan fingerprint density at radius 3 is 2.57 bits per heavy atom. The van der Waals surface area contributed by atoms with Crippen molar-refractivity contribution in [2.45, 2.75) is 19.1 Å². The molecule has 0 spiro atoms. The van der Waals surface area contributed by atoms with E-state index in [0.29, 0.717) is 5.89 Å². The minimum Gasteiger partial charge on any atom is -0.544 e. The lowest BCUT2D eigenvalue weighted by atomic mass is 10.0. The number of carboxylic acid groups (broad SMARTS) is 1. The molecular weight excluding hydrogens is 374 g/mol. The first kappa shape index (κ1) is 18.1. The summed E-state index contributed by atoms with van der Waals surface area (Å²) in [7, 11) is 0. The first-order valence-corrected chi connectivity index (χ1v) is 9.42. The van der Waals surface area contributed by atoms with Crippen LogP contribution in [0.4, 0.5) is 0 Å². The quantitative estimate of drug-likeness (QED) is 0.412. The zero-order chi connectivity index (χ0) is 19.7. The number of para-hydroxylation sites is 1. The first-order valence-electron chi connectivity index (χ1n) is 8.60. The van der Waals surface area contributed by atoms with Gasteiger partial charge in [0.1, 0.15) is 0 Å². The lowest BCUT2D eigenvalue weighted by Gasteiger charge is -2.07. The predicted molar refractivity (Wildman–Crippen MR) is 106 cm³/mol. The molecule has 0 amide bonds. The minimum atomic E-state index is -1.30. The number of thioether (sulfide) groups is 1. The van der Waals surface area contributed by atoms with E-state index in [4.69, 9.17) is 4.42 Å². The van der Waals surface area contributed by atoms with Gasteiger partial charge in [-0.15, -0.1) is 10.2 Å². The van der Waals surface area contributed by atoms with Crippen LogP contribution in [-0.4, -0.2) is 21.2 Å². The molecule has 1 N–H and O–H groups in total. The second kappa shape index (κ2) is 7.36. The number of aliphatic carboxylic acids is 1. The van der Waals surface area contributed by atoms with Gasteiger partial charge in [0.15, 0.2) is 0 Å². The van der Waals surface area contributed by atoms with Gasteiger partial charge in [0, 0.05) is 28.3 Å². The van der Waals surface area contributed by atoms with Gasteiger partial charge < -0.3 is 19.3 Å². The first-order chi connectivity index (χ1) is 13.5. The Balaban J connectivity index is 1.91. The molecule has 2 heterocycles. The van der Waals surface area contributed by atoms with Gasteiger partial charge in [0.2, 0.25) is 5.89 Å². The third-order valence-corrected chi connectivity index (χ3v) is 5.17. The number of hydrogen-bond donors (Lipinski definition) is 1. The number of fused-ring (bicyclic) bond motifs is 1. The van der Waals surface area contributed by atoms with E-state index in [-0.39, 0.29) is 10.1 Å². The number of aryl methyl sites for hydroxylation is 2. The second-order valence-electron chi connectivity index (χ2n) is 6.26. The van der Waals surface area contributed by atoms with E-state index in [1.165, 1.54) is 0 Å². The van der Waals surface area contributed by atoms with Gasteiger partial charge in [0.05, 0.1) is 11.7 Å². The van der Waals surface area contributed by atoms with Gasteiger partial charge in [-0.05, 0) is 35.9 Å². The number of nitrogens with one attached hydrogen (secondary N) is 1. The Morgan fingerprint density at radius 2 is 1.89 bits per heavy atom. The van der Waals surface area contributed by atoms with Crippen molar-refractivity contribution in [3.05, 3.63) is 70.5 Å². The SMILES string of the molecule is Cc1nnc(S/C(=C\c2c(-c3ccccc3)[nH]c3c(C)cccc23)C(=O)[O-])o1. The fourth-order valence-electron chi connectivity index (χ4n) is 3.04. The largest absolute Gasteiger partial charge is 0.544 e. The van der Waals surface area contributed by atoms with Crippen LogP contribution < -0.4 is 5.11 Å². The minimum absolute atomic E-state index is 0.0109. The van der Waals surface area contributed by atoms with Crippen LogP contribution in [0.3, 0.4) is 0 Å². The zero-order valence-corrected chi connectivity index (χ0v) is 16.0. The van der Waals surface area contributed by atoms with Crippen molar-refractivity contribution >= 4 is 34.7 Å². The van der Waals surface area contributed by atoms with Crippen LogP contribution in [0.25, 0.3) is 28.2 Å². The number of benzene rings is 2. The molecular formula is C21H16N3O3S-.